The van der Waals surface area contributed by atoms with Gasteiger partial charge in [0.25, 0.3) is 5.91 Å². The molecule has 0 spiro atoms. The Morgan fingerprint density at radius 2 is 1.88 bits per heavy atom. The Balaban J connectivity index is 2.13. The van der Waals surface area contributed by atoms with E-state index in [0.717, 1.165) is 0 Å². The number of amides is 1. The second-order valence-corrected chi connectivity index (χ2v) is 5.06. The summed E-state index contributed by atoms with van der Waals surface area (Å²) in [6.45, 7) is 0.748. The number of nitrogens with one attached hydrogen (secondary N) is 2. The number of nitrogen functional groups attached to an aromatic ring is 1. The number of carbonyl (C=O) groups is 1. The van der Waals surface area contributed by atoms with Crippen molar-refractivity contribution in [3.63, 3.8) is 0 Å². The lowest BCUT2D eigenvalue weighted by Crippen LogP contribution is -2.32. The molecule has 26 heavy (non-hydrogen) atoms. The van der Waals surface area contributed by atoms with E-state index in [0.29, 0.717) is 18.9 Å². The molecule has 2 rings (SSSR count). The summed E-state index contributed by atoms with van der Waals surface area (Å²) in [5.74, 6) is 0.147. The number of hydrogen-bond donors (Lipinski definition) is 3. The SMILES string of the molecule is N#CCCN(CCC#N)c1ncnc(NNC(=O)c2ccccn2)c1N. The summed E-state index contributed by atoms with van der Waals surface area (Å²) in [5, 5.41) is 17.6. The van der Waals surface area contributed by atoms with Gasteiger partial charge in [-0.15, -0.1) is 0 Å². The Labute approximate surface area is 150 Å². The van der Waals surface area contributed by atoms with E-state index in [1.54, 1.807) is 23.1 Å². The van der Waals surface area contributed by atoms with Crippen molar-refractivity contribution in [2.45, 2.75) is 12.8 Å². The van der Waals surface area contributed by atoms with Gasteiger partial charge >= 0.3 is 0 Å². The lowest BCUT2D eigenvalue weighted by molar-refractivity contribution is 0.0957. The number of carbonyl (C=O) groups excluding carboxylic acids is 1. The Hall–Kier alpha value is -3.92. The highest BCUT2D eigenvalue weighted by atomic mass is 16.2. The van der Waals surface area contributed by atoms with E-state index in [9.17, 15) is 4.79 Å². The summed E-state index contributed by atoms with van der Waals surface area (Å²) < 4.78 is 0. The van der Waals surface area contributed by atoms with E-state index >= 15 is 0 Å². The zero-order valence-electron chi connectivity index (χ0n) is 13.9. The van der Waals surface area contributed by atoms with Crippen molar-refractivity contribution in [3.8, 4) is 12.1 Å². The number of anilines is 3. The van der Waals surface area contributed by atoms with E-state index in [4.69, 9.17) is 16.3 Å². The van der Waals surface area contributed by atoms with E-state index in [1.165, 1.54) is 12.5 Å². The minimum absolute atomic E-state index is 0.199. The maximum absolute atomic E-state index is 12.0. The first kappa shape index (κ1) is 18.4. The second kappa shape index (κ2) is 9.39. The van der Waals surface area contributed by atoms with Crippen LogP contribution in [0.1, 0.15) is 23.3 Å². The fraction of sp³-hybridized carbons (Fsp3) is 0.250. The van der Waals surface area contributed by atoms with Gasteiger partial charge in [-0.2, -0.15) is 10.5 Å². The highest BCUT2D eigenvalue weighted by Crippen LogP contribution is 2.25. The van der Waals surface area contributed by atoms with Gasteiger partial charge in [-0.1, -0.05) is 6.07 Å². The van der Waals surface area contributed by atoms with Crippen LogP contribution in [0, 0.1) is 22.7 Å². The van der Waals surface area contributed by atoms with Crippen LogP contribution in [0.25, 0.3) is 0 Å². The zero-order chi connectivity index (χ0) is 18.8. The van der Waals surface area contributed by atoms with Crippen LogP contribution >= 0.6 is 0 Å². The van der Waals surface area contributed by atoms with Crippen LogP contribution < -0.4 is 21.5 Å². The first-order valence-corrected chi connectivity index (χ1v) is 7.74. The highest BCUT2D eigenvalue weighted by molar-refractivity contribution is 5.93. The standard InChI is InChI=1S/C16H17N9O/c17-6-3-9-25(10-4-7-18)15-13(19)14(21-11-22-15)23-24-16(26)12-5-1-2-8-20-12/h1-2,5,8,11H,3-4,9-10,19H2,(H,24,26)(H,21,22,23). The van der Waals surface area contributed by atoms with Gasteiger partial charge in [0.1, 0.15) is 17.7 Å². The average molecular weight is 351 g/mol. The molecule has 4 N–H and O–H groups in total. The van der Waals surface area contributed by atoms with Crippen molar-refractivity contribution >= 4 is 23.2 Å². The third kappa shape index (κ3) is 4.79. The van der Waals surface area contributed by atoms with E-state index in [1.807, 2.05) is 12.1 Å². The van der Waals surface area contributed by atoms with Crippen molar-refractivity contribution in [3.05, 3.63) is 36.4 Å². The molecule has 132 valence electrons. The largest absolute Gasteiger partial charge is 0.393 e. The molecule has 0 bridgehead atoms. The molecule has 0 unspecified atom stereocenters. The van der Waals surface area contributed by atoms with Crippen molar-refractivity contribution in [1.82, 2.24) is 20.4 Å². The first-order valence-electron chi connectivity index (χ1n) is 7.74. The van der Waals surface area contributed by atoms with E-state index in [2.05, 4.69) is 25.8 Å². The number of hydrazine groups is 1. The van der Waals surface area contributed by atoms with Gasteiger partial charge in [0.15, 0.2) is 11.6 Å². The van der Waals surface area contributed by atoms with Gasteiger partial charge in [-0.05, 0) is 12.1 Å². The molecule has 10 heteroatoms. The number of nitriles is 2. The van der Waals surface area contributed by atoms with Gasteiger partial charge in [0.05, 0.1) is 25.0 Å². The molecule has 0 aliphatic heterocycles. The van der Waals surface area contributed by atoms with Crippen molar-refractivity contribution < 1.29 is 4.79 Å². The van der Waals surface area contributed by atoms with Crippen LogP contribution in [0.2, 0.25) is 0 Å². The van der Waals surface area contributed by atoms with Crippen LogP contribution in [0.15, 0.2) is 30.7 Å². The molecule has 0 aliphatic rings. The van der Waals surface area contributed by atoms with Gasteiger partial charge in [-0.3, -0.25) is 20.6 Å². The molecule has 0 aromatic carbocycles. The molecule has 2 aromatic heterocycles. The quantitative estimate of drug-likeness (QED) is 0.586. The van der Waals surface area contributed by atoms with Gasteiger partial charge < -0.3 is 10.6 Å². The number of nitrogens with two attached hydrogens (primary N) is 1. The van der Waals surface area contributed by atoms with Crippen LogP contribution in [0.4, 0.5) is 17.3 Å². The van der Waals surface area contributed by atoms with E-state index in [-0.39, 0.29) is 30.0 Å². The molecule has 0 radical (unpaired) electrons. The Morgan fingerprint density at radius 3 is 2.50 bits per heavy atom. The Kier molecular flexibility index (Phi) is 6.65. The molecule has 0 atom stereocenters. The van der Waals surface area contributed by atoms with Crippen LogP contribution in [0.3, 0.4) is 0 Å². The Morgan fingerprint density at radius 1 is 1.15 bits per heavy atom. The summed E-state index contributed by atoms with van der Waals surface area (Å²) in [5.41, 5.74) is 11.6. The molecule has 2 heterocycles. The predicted molar refractivity (Wildman–Crippen MR) is 94.4 cm³/mol. The molecule has 0 fully saturated rings. The smallest absolute Gasteiger partial charge is 0.288 e. The topological polar surface area (TPSA) is 157 Å². The maximum Gasteiger partial charge on any atom is 0.288 e. The summed E-state index contributed by atoms with van der Waals surface area (Å²) in [7, 11) is 0. The molecule has 0 aliphatic carbocycles. The fourth-order valence-corrected chi connectivity index (χ4v) is 2.11. The summed E-state index contributed by atoms with van der Waals surface area (Å²) in [6, 6.07) is 9.06. The lowest BCUT2D eigenvalue weighted by atomic mass is 10.3. The van der Waals surface area contributed by atoms with Crippen LogP contribution in [-0.2, 0) is 0 Å². The second-order valence-electron chi connectivity index (χ2n) is 5.06. The van der Waals surface area contributed by atoms with Crippen molar-refractivity contribution in [2.75, 3.05) is 29.1 Å². The van der Waals surface area contributed by atoms with Crippen molar-refractivity contribution in [1.29, 1.82) is 10.5 Å². The number of hydrogen-bond acceptors (Lipinski definition) is 9. The Bertz CT molecular complexity index is 808. The summed E-state index contributed by atoms with van der Waals surface area (Å²) in [4.78, 5) is 25.8. The van der Waals surface area contributed by atoms with Crippen molar-refractivity contribution in [2.24, 2.45) is 0 Å². The number of rotatable bonds is 8. The molecule has 1 amide bonds. The molecular formula is C16H17N9O. The van der Waals surface area contributed by atoms with Gasteiger partial charge in [0.2, 0.25) is 0 Å². The third-order valence-electron chi connectivity index (χ3n) is 3.34. The molecule has 0 saturated carbocycles. The zero-order valence-corrected chi connectivity index (χ0v) is 13.9. The normalized spacial score (nSPS) is 9.62. The van der Waals surface area contributed by atoms with Crippen LogP contribution in [-0.4, -0.2) is 33.9 Å². The minimum atomic E-state index is -0.448. The molecule has 2 aromatic rings. The fourth-order valence-electron chi connectivity index (χ4n) is 2.11. The number of aromatic nitrogens is 3. The summed E-state index contributed by atoms with van der Waals surface area (Å²) >= 11 is 0. The van der Waals surface area contributed by atoms with E-state index < -0.39 is 5.91 Å². The average Bonchev–Trinajstić information content (AvgIpc) is 2.68. The van der Waals surface area contributed by atoms with Gasteiger partial charge in [-0.25, -0.2) is 9.97 Å². The lowest BCUT2D eigenvalue weighted by Gasteiger charge is -2.23. The summed E-state index contributed by atoms with van der Waals surface area (Å²) in [6.07, 6.45) is 3.31. The van der Waals surface area contributed by atoms with Crippen LogP contribution in [0.5, 0.6) is 0 Å². The first-order chi connectivity index (χ1) is 12.7. The highest BCUT2D eigenvalue weighted by Gasteiger charge is 2.16. The minimum Gasteiger partial charge on any atom is -0.393 e. The number of pyridine rings is 1. The monoisotopic (exact) mass is 351 g/mol. The third-order valence-corrected chi connectivity index (χ3v) is 3.34. The molecular weight excluding hydrogens is 334 g/mol. The molecule has 0 saturated heterocycles. The number of nitrogens with zero attached hydrogens (tertiary/aromatic N) is 6. The predicted octanol–water partition coefficient (Wildman–Crippen LogP) is 0.844. The molecule has 10 nitrogen and oxygen atoms in total. The van der Waals surface area contributed by atoms with Gasteiger partial charge in [0, 0.05) is 19.3 Å². The maximum atomic E-state index is 12.0.